The molecule has 0 saturated heterocycles. The Morgan fingerprint density at radius 3 is 2.20 bits per heavy atom. The van der Waals surface area contributed by atoms with E-state index in [0.29, 0.717) is 5.11 Å². The second kappa shape index (κ2) is 7.90. The number of thiocarbonyl (C=S) groups is 1. The van der Waals surface area contributed by atoms with E-state index in [-0.39, 0.29) is 6.04 Å². The van der Waals surface area contributed by atoms with Crippen molar-refractivity contribution in [1.29, 1.82) is 0 Å². The number of benzene rings is 2. The van der Waals surface area contributed by atoms with Crippen molar-refractivity contribution in [1.82, 2.24) is 10.3 Å². The third-order valence-electron chi connectivity index (χ3n) is 3.95. The zero-order valence-electron chi connectivity index (χ0n) is 14.4. The number of pyridine rings is 1. The van der Waals surface area contributed by atoms with Gasteiger partial charge in [-0.1, -0.05) is 66.2 Å². The average molecular weight is 347 g/mol. The molecule has 0 fully saturated rings. The van der Waals surface area contributed by atoms with Gasteiger partial charge in [0.05, 0.1) is 6.04 Å². The number of rotatable bonds is 4. The Balaban J connectivity index is 1.82. The van der Waals surface area contributed by atoms with E-state index in [1.54, 1.807) is 0 Å². The van der Waals surface area contributed by atoms with Crippen LogP contribution in [0.1, 0.15) is 28.4 Å². The van der Waals surface area contributed by atoms with Gasteiger partial charge in [0.25, 0.3) is 0 Å². The van der Waals surface area contributed by atoms with E-state index in [1.165, 1.54) is 5.56 Å². The molecule has 0 amide bonds. The van der Waals surface area contributed by atoms with Crippen LogP contribution < -0.4 is 10.6 Å². The lowest BCUT2D eigenvalue weighted by Gasteiger charge is -2.22. The molecule has 4 heteroatoms. The van der Waals surface area contributed by atoms with E-state index in [4.69, 9.17) is 12.2 Å². The summed E-state index contributed by atoms with van der Waals surface area (Å²) in [7, 11) is 0. The maximum Gasteiger partial charge on any atom is 0.172 e. The van der Waals surface area contributed by atoms with E-state index >= 15 is 0 Å². The first-order chi connectivity index (χ1) is 12.1. The summed E-state index contributed by atoms with van der Waals surface area (Å²) in [4.78, 5) is 4.44. The van der Waals surface area contributed by atoms with E-state index in [2.05, 4.69) is 58.9 Å². The highest BCUT2D eigenvalue weighted by atomic mass is 32.1. The zero-order valence-corrected chi connectivity index (χ0v) is 15.2. The summed E-state index contributed by atoms with van der Waals surface area (Å²) in [5, 5.41) is 7.14. The van der Waals surface area contributed by atoms with Gasteiger partial charge >= 0.3 is 0 Å². The van der Waals surface area contributed by atoms with Gasteiger partial charge in [0.15, 0.2) is 5.11 Å². The van der Waals surface area contributed by atoms with Crippen molar-refractivity contribution in [3.8, 4) is 0 Å². The molecule has 0 aliphatic heterocycles. The molecule has 0 bridgehead atoms. The summed E-state index contributed by atoms with van der Waals surface area (Å²) in [5.74, 6) is 0.744. The summed E-state index contributed by atoms with van der Waals surface area (Å²) >= 11 is 5.52. The van der Waals surface area contributed by atoms with Crippen LogP contribution in [-0.4, -0.2) is 10.1 Å². The number of hydrogen-bond donors (Lipinski definition) is 2. The molecule has 0 aliphatic carbocycles. The van der Waals surface area contributed by atoms with E-state index in [9.17, 15) is 0 Å². The second-order valence-corrected chi connectivity index (χ2v) is 6.43. The van der Waals surface area contributed by atoms with E-state index in [0.717, 1.165) is 22.6 Å². The molecule has 1 atom stereocenters. The van der Waals surface area contributed by atoms with Crippen molar-refractivity contribution < 1.29 is 0 Å². The smallest absolute Gasteiger partial charge is 0.172 e. The Hall–Kier alpha value is -2.72. The van der Waals surface area contributed by atoms with Crippen molar-refractivity contribution >= 4 is 23.1 Å². The largest absolute Gasteiger partial charge is 0.351 e. The lowest BCUT2D eigenvalue weighted by atomic mass is 9.98. The van der Waals surface area contributed by atoms with Crippen LogP contribution in [0.2, 0.25) is 0 Å². The molecule has 3 aromatic rings. The van der Waals surface area contributed by atoms with Gasteiger partial charge in [0.2, 0.25) is 0 Å². The Kier molecular flexibility index (Phi) is 5.41. The Morgan fingerprint density at radius 2 is 1.52 bits per heavy atom. The maximum atomic E-state index is 5.52. The highest BCUT2D eigenvalue weighted by Gasteiger charge is 2.15. The maximum absolute atomic E-state index is 5.52. The molecule has 1 heterocycles. The van der Waals surface area contributed by atoms with Gasteiger partial charge in [-0.25, -0.2) is 4.98 Å². The van der Waals surface area contributed by atoms with Crippen molar-refractivity contribution in [2.75, 3.05) is 5.32 Å². The van der Waals surface area contributed by atoms with Crippen LogP contribution >= 0.6 is 12.2 Å². The third kappa shape index (κ3) is 4.64. The molecule has 0 spiro atoms. The molecule has 1 aromatic heterocycles. The fourth-order valence-corrected chi connectivity index (χ4v) is 2.88. The SMILES string of the molecule is Cc1ccc([C@H](NC(=S)Nc2cccc(C)n2)c2ccccc2)cc1. The highest BCUT2D eigenvalue weighted by molar-refractivity contribution is 7.80. The number of hydrogen-bond acceptors (Lipinski definition) is 2. The van der Waals surface area contributed by atoms with Crippen LogP contribution in [0.25, 0.3) is 0 Å². The zero-order chi connectivity index (χ0) is 17.6. The monoisotopic (exact) mass is 347 g/mol. The molecule has 0 saturated carbocycles. The van der Waals surface area contributed by atoms with Crippen LogP contribution in [-0.2, 0) is 0 Å². The fraction of sp³-hybridized carbons (Fsp3) is 0.143. The van der Waals surface area contributed by atoms with Gasteiger partial charge in [-0.15, -0.1) is 0 Å². The molecular formula is C21H21N3S. The number of aryl methyl sites for hydroxylation is 2. The molecule has 25 heavy (non-hydrogen) atoms. The minimum atomic E-state index is -0.0217. The normalized spacial score (nSPS) is 11.6. The summed E-state index contributed by atoms with van der Waals surface area (Å²) in [6.45, 7) is 4.05. The molecular weight excluding hydrogens is 326 g/mol. The number of nitrogens with one attached hydrogen (secondary N) is 2. The predicted octanol–water partition coefficient (Wildman–Crippen LogP) is 4.77. The molecule has 0 unspecified atom stereocenters. The molecule has 2 N–H and O–H groups in total. The van der Waals surface area contributed by atoms with Crippen LogP contribution in [0.5, 0.6) is 0 Å². The highest BCUT2D eigenvalue weighted by Crippen LogP contribution is 2.22. The average Bonchev–Trinajstić information content (AvgIpc) is 2.61. The first-order valence-corrected chi connectivity index (χ1v) is 8.65. The molecule has 3 nitrogen and oxygen atoms in total. The van der Waals surface area contributed by atoms with Crippen molar-refractivity contribution in [3.63, 3.8) is 0 Å². The quantitative estimate of drug-likeness (QED) is 0.666. The molecule has 126 valence electrons. The van der Waals surface area contributed by atoms with Gasteiger partial charge in [-0.3, -0.25) is 0 Å². The number of anilines is 1. The van der Waals surface area contributed by atoms with Crippen molar-refractivity contribution in [2.45, 2.75) is 19.9 Å². The molecule has 0 aliphatic rings. The van der Waals surface area contributed by atoms with Gasteiger partial charge in [-0.05, 0) is 49.3 Å². The van der Waals surface area contributed by atoms with Gasteiger partial charge in [-0.2, -0.15) is 0 Å². The van der Waals surface area contributed by atoms with E-state index in [1.807, 2.05) is 43.3 Å². The van der Waals surface area contributed by atoms with Crippen LogP contribution in [0.15, 0.2) is 72.8 Å². The molecule has 3 rings (SSSR count). The predicted molar refractivity (Wildman–Crippen MR) is 108 cm³/mol. The minimum Gasteiger partial charge on any atom is -0.351 e. The van der Waals surface area contributed by atoms with Gasteiger partial charge in [0, 0.05) is 5.69 Å². The van der Waals surface area contributed by atoms with Crippen LogP contribution in [0.4, 0.5) is 5.82 Å². The van der Waals surface area contributed by atoms with Crippen molar-refractivity contribution in [2.24, 2.45) is 0 Å². The fourth-order valence-electron chi connectivity index (χ4n) is 2.66. The number of aromatic nitrogens is 1. The Morgan fingerprint density at radius 1 is 0.840 bits per heavy atom. The summed E-state index contributed by atoms with van der Waals surface area (Å²) in [6, 6.07) is 24.6. The summed E-state index contributed by atoms with van der Waals surface area (Å²) in [5.41, 5.74) is 4.51. The third-order valence-corrected chi connectivity index (χ3v) is 4.17. The second-order valence-electron chi connectivity index (χ2n) is 6.02. The lowest BCUT2D eigenvalue weighted by Crippen LogP contribution is -2.33. The first-order valence-electron chi connectivity index (χ1n) is 8.24. The van der Waals surface area contributed by atoms with Gasteiger partial charge in [0.1, 0.15) is 5.82 Å². The van der Waals surface area contributed by atoms with Crippen LogP contribution in [0, 0.1) is 13.8 Å². The first kappa shape index (κ1) is 17.1. The summed E-state index contributed by atoms with van der Waals surface area (Å²) in [6.07, 6.45) is 0. The minimum absolute atomic E-state index is 0.0217. The van der Waals surface area contributed by atoms with Gasteiger partial charge < -0.3 is 10.6 Å². The van der Waals surface area contributed by atoms with E-state index < -0.39 is 0 Å². The molecule has 0 radical (unpaired) electrons. The Bertz CT molecular complexity index is 845. The topological polar surface area (TPSA) is 37.0 Å². The van der Waals surface area contributed by atoms with Crippen LogP contribution in [0.3, 0.4) is 0 Å². The molecule has 2 aromatic carbocycles. The van der Waals surface area contributed by atoms with Crippen molar-refractivity contribution in [3.05, 3.63) is 95.2 Å². The standard InChI is InChI=1S/C21H21N3S/c1-15-11-13-18(14-12-15)20(17-8-4-3-5-9-17)24-21(25)23-19-10-6-7-16(2)22-19/h3-14,20H,1-2H3,(H2,22,23,24,25)/t20-/m1/s1. The summed E-state index contributed by atoms with van der Waals surface area (Å²) < 4.78 is 0. The number of nitrogens with zero attached hydrogens (tertiary/aromatic N) is 1. The Labute approximate surface area is 154 Å². The lowest BCUT2D eigenvalue weighted by molar-refractivity contribution is 0.768.